The number of non-ortho nitro benzene ring substituents is 1. The predicted molar refractivity (Wildman–Crippen MR) is 134 cm³/mol. The van der Waals surface area contributed by atoms with Crippen LogP contribution in [0.3, 0.4) is 0 Å². The van der Waals surface area contributed by atoms with E-state index in [-0.39, 0.29) is 38.1 Å². The van der Waals surface area contributed by atoms with Crippen LogP contribution in [0.4, 0.5) is 10.8 Å². The Hall–Kier alpha value is -4.58. The standard InChI is InChI=1S/C25H21N3O8S/c1-12-10-15(8-9-17(12)35-3)20(29)18-19(14-6-5-7-16(11-14)28(33)34)27(23(31)21(18)30)25-26-13(2)22(37-25)24(32)36-4/h5-11,19,29H,1-4H3/b20-18+. The SMILES string of the molecule is COC(=O)c1sc(N2C(=O)C(=O)/C(=C(/O)c3ccc(OC)c(C)c3)C2c2cccc([N+](=O)[O-])c2)nc1C. The van der Waals surface area contributed by atoms with E-state index in [1.165, 1.54) is 44.6 Å². The second-order valence-electron chi connectivity index (χ2n) is 8.11. The van der Waals surface area contributed by atoms with E-state index in [9.17, 15) is 29.6 Å². The summed E-state index contributed by atoms with van der Waals surface area (Å²) < 4.78 is 10.0. The number of hydrogen-bond acceptors (Lipinski definition) is 10. The van der Waals surface area contributed by atoms with Gasteiger partial charge in [-0.1, -0.05) is 23.5 Å². The number of carbonyl (C=O) groups excluding carboxylic acids is 3. The maximum atomic E-state index is 13.3. The van der Waals surface area contributed by atoms with Crippen molar-refractivity contribution in [3.63, 3.8) is 0 Å². The summed E-state index contributed by atoms with van der Waals surface area (Å²) >= 11 is 0.834. The van der Waals surface area contributed by atoms with Crippen molar-refractivity contribution in [1.29, 1.82) is 0 Å². The molecule has 3 aromatic rings. The van der Waals surface area contributed by atoms with Crippen molar-refractivity contribution in [3.05, 3.63) is 85.4 Å². The van der Waals surface area contributed by atoms with Gasteiger partial charge >= 0.3 is 11.9 Å². The van der Waals surface area contributed by atoms with Gasteiger partial charge < -0.3 is 14.6 Å². The number of aliphatic hydroxyl groups excluding tert-OH is 1. The molecule has 4 rings (SSSR count). The molecule has 1 N–H and O–H groups in total. The monoisotopic (exact) mass is 523 g/mol. The zero-order valence-corrected chi connectivity index (χ0v) is 21.0. The van der Waals surface area contributed by atoms with E-state index < -0.39 is 34.4 Å². The minimum Gasteiger partial charge on any atom is -0.507 e. The van der Waals surface area contributed by atoms with Gasteiger partial charge in [-0.05, 0) is 43.2 Å². The van der Waals surface area contributed by atoms with Crippen molar-refractivity contribution in [2.45, 2.75) is 19.9 Å². The zero-order chi connectivity index (χ0) is 27.0. The van der Waals surface area contributed by atoms with E-state index in [1.807, 2.05) is 0 Å². The Balaban J connectivity index is 1.97. The van der Waals surface area contributed by atoms with Crippen molar-refractivity contribution in [3.8, 4) is 5.75 Å². The largest absolute Gasteiger partial charge is 0.507 e. The molecule has 1 amide bonds. The van der Waals surface area contributed by atoms with Crippen LogP contribution in [0.25, 0.3) is 5.76 Å². The van der Waals surface area contributed by atoms with E-state index in [1.54, 1.807) is 26.0 Å². The van der Waals surface area contributed by atoms with Crippen LogP contribution < -0.4 is 9.64 Å². The average Bonchev–Trinajstić information content (AvgIpc) is 3.39. The van der Waals surface area contributed by atoms with Gasteiger partial charge in [0.15, 0.2) is 5.13 Å². The fraction of sp³-hybridized carbons (Fsp3) is 0.200. The molecule has 1 aliphatic heterocycles. The summed E-state index contributed by atoms with van der Waals surface area (Å²) in [6.45, 7) is 3.30. The normalized spacial score (nSPS) is 16.6. The average molecular weight is 524 g/mol. The van der Waals surface area contributed by atoms with Crippen molar-refractivity contribution < 1.29 is 33.9 Å². The number of aromatic nitrogens is 1. The Morgan fingerprint density at radius 2 is 1.89 bits per heavy atom. The molecule has 0 spiro atoms. The Morgan fingerprint density at radius 1 is 1.16 bits per heavy atom. The first-order valence-electron chi connectivity index (χ1n) is 10.8. The third-order valence-corrected chi connectivity index (χ3v) is 7.01. The van der Waals surface area contributed by atoms with Gasteiger partial charge in [0.25, 0.3) is 11.5 Å². The number of nitrogens with zero attached hydrogens (tertiary/aromatic N) is 3. The summed E-state index contributed by atoms with van der Waals surface area (Å²) in [5.74, 6) is -2.59. The van der Waals surface area contributed by atoms with Crippen LogP contribution in [0.2, 0.25) is 0 Å². The van der Waals surface area contributed by atoms with Gasteiger partial charge in [0.05, 0.1) is 36.5 Å². The number of carbonyl (C=O) groups is 3. The Bertz CT molecular complexity index is 1490. The van der Waals surface area contributed by atoms with Gasteiger partial charge in [0.2, 0.25) is 0 Å². The summed E-state index contributed by atoms with van der Waals surface area (Å²) in [7, 11) is 2.70. The molecule has 37 heavy (non-hydrogen) atoms. The molecule has 1 unspecified atom stereocenters. The molecule has 0 aliphatic carbocycles. The summed E-state index contributed by atoms with van der Waals surface area (Å²) in [5, 5.41) is 22.7. The van der Waals surface area contributed by atoms with Gasteiger partial charge in [-0.15, -0.1) is 0 Å². The molecule has 11 nitrogen and oxygen atoms in total. The number of rotatable bonds is 6. The van der Waals surface area contributed by atoms with E-state index in [4.69, 9.17) is 9.47 Å². The lowest BCUT2D eigenvalue weighted by molar-refractivity contribution is -0.384. The molecular formula is C25H21N3O8S. The Kier molecular flexibility index (Phi) is 6.77. The number of ether oxygens (including phenoxy) is 2. The Labute approximate surface area is 214 Å². The highest BCUT2D eigenvalue weighted by atomic mass is 32.1. The fourth-order valence-electron chi connectivity index (χ4n) is 4.10. The van der Waals surface area contributed by atoms with Crippen molar-refractivity contribution >= 4 is 45.6 Å². The zero-order valence-electron chi connectivity index (χ0n) is 20.2. The maximum Gasteiger partial charge on any atom is 0.350 e. The van der Waals surface area contributed by atoms with E-state index in [0.29, 0.717) is 11.3 Å². The van der Waals surface area contributed by atoms with Gasteiger partial charge in [-0.25, -0.2) is 9.78 Å². The van der Waals surface area contributed by atoms with Crippen LogP contribution in [0.5, 0.6) is 5.75 Å². The lowest BCUT2D eigenvalue weighted by Gasteiger charge is -2.23. The first-order chi connectivity index (χ1) is 17.6. The number of methoxy groups -OCH3 is 2. The van der Waals surface area contributed by atoms with E-state index in [0.717, 1.165) is 16.2 Å². The smallest absolute Gasteiger partial charge is 0.350 e. The summed E-state index contributed by atoms with van der Waals surface area (Å²) in [4.78, 5) is 55.1. The van der Waals surface area contributed by atoms with Crippen molar-refractivity contribution in [1.82, 2.24) is 4.98 Å². The molecule has 0 bridgehead atoms. The molecule has 0 saturated carbocycles. The van der Waals surface area contributed by atoms with Crippen molar-refractivity contribution in [2.24, 2.45) is 0 Å². The first-order valence-corrected chi connectivity index (χ1v) is 11.7. The quantitative estimate of drug-likeness (QED) is 0.126. The lowest BCUT2D eigenvalue weighted by Crippen LogP contribution is -2.29. The second kappa shape index (κ2) is 9.82. The second-order valence-corrected chi connectivity index (χ2v) is 9.09. The molecule has 12 heteroatoms. The highest BCUT2D eigenvalue weighted by molar-refractivity contribution is 7.17. The summed E-state index contributed by atoms with van der Waals surface area (Å²) in [5.41, 5.74) is 0.852. The number of anilines is 1. The number of esters is 1. The number of ketones is 1. The van der Waals surface area contributed by atoms with E-state index in [2.05, 4.69) is 4.98 Å². The molecule has 1 fully saturated rings. The number of hydrogen-bond donors (Lipinski definition) is 1. The molecule has 1 aliphatic rings. The van der Waals surface area contributed by atoms with Gasteiger partial charge in [-0.2, -0.15) is 0 Å². The molecular weight excluding hydrogens is 502 g/mol. The van der Waals surface area contributed by atoms with Crippen LogP contribution in [-0.2, 0) is 14.3 Å². The minimum atomic E-state index is -1.25. The van der Waals surface area contributed by atoms with Gasteiger partial charge in [-0.3, -0.25) is 24.6 Å². The van der Waals surface area contributed by atoms with Crippen LogP contribution in [0, 0.1) is 24.0 Å². The maximum absolute atomic E-state index is 13.3. The lowest BCUT2D eigenvalue weighted by atomic mass is 9.94. The van der Waals surface area contributed by atoms with Crippen LogP contribution in [-0.4, -0.2) is 46.9 Å². The number of Topliss-reactive ketones (excluding diaryl/α,β-unsaturated/α-hetero) is 1. The number of amides is 1. The topological polar surface area (TPSA) is 149 Å². The number of thiazole rings is 1. The van der Waals surface area contributed by atoms with Crippen LogP contribution in [0.15, 0.2) is 48.0 Å². The highest BCUT2D eigenvalue weighted by Gasteiger charge is 2.48. The van der Waals surface area contributed by atoms with Crippen LogP contribution >= 0.6 is 11.3 Å². The summed E-state index contributed by atoms with van der Waals surface area (Å²) in [6, 6.07) is 8.89. The summed E-state index contributed by atoms with van der Waals surface area (Å²) in [6.07, 6.45) is 0. The predicted octanol–water partition coefficient (Wildman–Crippen LogP) is 4.09. The van der Waals surface area contributed by atoms with Gasteiger partial charge in [0.1, 0.15) is 16.4 Å². The van der Waals surface area contributed by atoms with Gasteiger partial charge in [0, 0.05) is 17.7 Å². The van der Waals surface area contributed by atoms with Crippen LogP contribution in [0.1, 0.15) is 38.1 Å². The third kappa shape index (κ3) is 4.42. The highest BCUT2D eigenvalue weighted by Crippen LogP contribution is 2.44. The molecule has 0 radical (unpaired) electrons. The van der Waals surface area contributed by atoms with E-state index >= 15 is 0 Å². The number of aryl methyl sites for hydroxylation is 2. The number of benzene rings is 2. The fourth-order valence-corrected chi connectivity index (χ4v) is 5.11. The Morgan fingerprint density at radius 3 is 2.51 bits per heavy atom. The van der Waals surface area contributed by atoms with Crippen molar-refractivity contribution in [2.75, 3.05) is 19.1 Å². The number of nitro groups is 1. The molecule has 2 aromatic carbocycles. The molecule has 1 saturated heterocycles. The molecule has 1 atom stereocenters. The molecule has 2 heterocycles. The third-order valence-electron chi connectivity index (χ3n) is 5.87. The first kappa shape index (κ1) is 25.5. The minimum absolute atomic E-state index is 0.00136. The molecule has 190 valence electrons. The number of nitro benzene ring substituents is 1. The molecule has 1 aromatic heterocycles. The number of aliphatic hydroxyl groups is 1.